The number of halogens is 1. The maximum atomic E-state index is 12.7. The average molecular weight is 435 g/mol. The van der Waals surface area contributed by atoms with Crippen molar-refractivity contribution >= 4 is 40.4 Å². The highest BCUT2D eigenvalue weighted by molar-refractivity contribution is 7.09. The van der Waals surface area contributed by atoms with Crippen LogP contribution in [-0.4, -0.2) is 72.3 Å². The standard InChI is InChI=1S/C21H27ClN4O2S/c1-2-26(14-17-6-5-13-29-17)21(28)16-25-11-9-24(10-12-25)15-20(27)23-19-8-4-3-7-18(19)22/h3-8,13H,2,9-12,14-16H2,1H3,(H,23,27). The second-order valence-corrected chi connectivity index (χ2v) is 8.51. The first-order valence-electron chi connectivity index (χ1n) is 9.84. The first-order chi connectivity index (χ1) is 14.0. The van der Waals surface area contributed by atoms with Crippen LogP contribution >= 0.6 is 22.9 Å². The molecule has 0 bridgehead atoms. The van der Waals surface area contributed by atoms with Crippen molar-refractivity contribution in [1.82, 2.24) is 14.7 Å². The van der Waals surface area contributed by atoms with E-state index in [4.69, 9.17) is 11.6 Å². The fraction of sp³-hybridized carbons (Fsp3) is 0.429. The molecule has 1 aliphatic rings. The lowest BCUT2D eigenvalue weighted by Crippen LogP contribution is -2.51. The summed E-state index contributed by atoms with van der Waals surface area (Å²) < 4.78 is 0. The molecule has 8 heteroatoms. The van der Waals surface area contributed by atoms with Crippen molar-refractivity contribution in [1.29, 1.82) is 0 Å². The molecule has 6 nitrogen and oxygen atoms in total. The molecule has 0 spiro atoms. The SMILES string of the molecule is CCN(Cc1cccs1)C(=O)CN1CCN(CC(=O)Nc2ccccc2Cl)CC1. The van der Waals surface area contributed by atoms with E-state index >= 15 is 0 Å². The summed E-state index contributed by atoms with van der Waals surface area (Å²) >= 11 is 7.77. The van der Waals surface area contributed by atoms with E-state index in [1.54, 1.807) is 23.5 Å². The first kappa shape index (κ1) is 21.8. The molecule has 0 radical (unpaired) electrons. The predicted octanol–water partition coefficient (Wildman–Crippen LogP) is 3.01. The van der Waals surface area contributed by atoms with Gasteiger partial charge in [-0.3, -0.25) is 19.4 Å². The van der Waals surface area contributed by atoms with Crippen LogP contribution in [-0.2, 0) is 16.1 Å². The lowest BCUT2D eigenvalue weighted by atomic mass is 10.3. The molecule has 1 aromatic carbocycles. The van der Waals surface area contributed by atoms with Crippen LogP contribution in [0.1, 0.15) is 11.8 Å². The van der Waals surface area contributed by atoms with E-state index < -0.39 is 0 Å². The van der Waals surface area contributed by atoms with Gasteiger partial charge in [0.1, 0.15) is 0 Å². The summed E-state index contributed by atoms with van der Waals surface area (Å²) in [6.07, 6.45) is 0. The molecule has 2 aromatic rings. The van der Waals surface area contributed by atoms with Crippen LogP contribution in [0.3, 0.4) is 0 Å². The van der Waals surface area contributed by atoms with Crippen LogP contribution in [0.5, 0.6) is 0 Å². The third kappa shape index (κ3) is 6.54. The van der Waals surface area contributed by atoms with Crippen LogP contribution in [0.4, 0.5) is 5.69 Å². The number of amides is 2. The van der Waals surface area contributed by atoms with E-state index in [0.29, 0.717) is 36.9 Å². The second-order valence-electron chi connectivity index (χ2n) is 7.07. The molecule has 0 atom stereocenters. The van der Waals surface area contributed by atoms with Crippen LogP contribution in [0.2, 0.25) is 5.02 Å². The van der Waals surface area contributed by atoms with Gasteiger partial charge in [-0.1, -0.05) is 29.8 Å². The Hall–Kier alpha value is -1.93. The Labute approximate surface area is 181 Å². The summed E-state index contributed by atoms with van der Waals surface area (Å²) in [4.78, 5) is 32.3. The molecule has 1 aromatic heterocycles. The minimum Gasteiger partial charge on any atom is -0.337 e. The summed E-state index contributed by atoms with van der Waals surface area (Å²) in [5.74, 6) is 0.0848. The van der Waals surface area contributed by atoms with E-state index in [2.05, 4.69) is 21.2 Å². The van der Waals surface area contributed by atoms with E-state index in [0.717, 1.165) is 26.2 Å². The Kier molecular flexibility index (Phi) is 8.06. The van der Waals surface area contributed by atoms with E-state index in [-0.39, 0.29) is 11.8 Å². The van der Waals surface area contributed by atoms with Crippen molar-refractivity contribution in [2.75, 3.05) is 51.1 Å². The number of nitrogens with zero attached hydrogens (tertiary/aromatic N) is 3. The minimum atomic E-state index is -0.0734. The Balaban J connectivity index is 1.41. The maximum absolute atomic E-state index is 12.7. The molecule has 1 N–H and O–H groups in total. The number of anilines is 1. The third-order valence-corrected chi connectivity index (χ3v) is 6.19. The number of carbonyl (C=O) groups is 2. The van der Waals surface area contributed by atoms with Crippen molar-refractivity contribution in [2.24, 2.45) is 0 Å². The van der Waals surface area contributed by atoms with Crippen molar-refractivity contribution < 1.29 is 9.59 Å². The number of rotatable bonds is 8. The summed E-state index contributed by atoms with van der Waals surface area (Å²) in [5.41, 5.74) is 0.633. The Morgan fingerprint density at radius 1 is 1.07 bits per heavy atom. The van der Waals surface area contributed by atoms with E-state index in [9.17, 15) is 9.59 Å². The predicted molar refractivity (Wildman–Crippen MR) is 118 cm³/mol. The maximum Gasteiger partial charge on any atom is 0.238 e. The number of hydrogen-bond acceptors (Lipinski definition) is 5. The third-order valence-electron chi connectivity index (χ3n) is 5.00. The highest BCUT2D eigenvalue weighted by Crippen LogP contribution is 2.20. The van der Waals surface area contributed by atoms with Gasteiger partial charge < -0.3 is 10.2 Å². The zero-order valence-electron chi connectivity index (χ0n) is 16.6. The average Bonchev–Trinajstić information content (AvgIpc) is 3.22. The zero-order chi connectivity index (χ0) is 20.6. The monoisotopic (exact) mass is 434 g/mol. The fourth-order valence-corrected chi connectivity index (χ4v) is 4.22. The fourth-order valence-electron chi connectivity index (χ4n) is 3.32. The van der Waals surface area contributed by atoms with Crippen molar-refractivity contribution in [3.63, 3.8) is 0 Å². The largest absolute Gasteiger partial charge is 0.337 e. The second kappa shape index (κ2) is 10.7. The molecular weight excluding hydrogens is 408 g/mol. The quantitative estimate of drug-likeness (QED) is 0.693. The molecule has 29 heavy (non-hydrogen) atoms. The highest BCUT2D eigenvalue weighted by Gasteiger charge is 2.22. The van der Waals surface area contributed by atoms with Crippen molar-refractivity contribution in [3.05, 3.63) is 51.7 Å². The Bertz CT molecular complexity index is 807. The van der Waals surface area contributed by atoms with Gasteiger partial charge in [-0.15, -0.1) is 11.3 Å². The van der Waals surface area contributed by atoms with Gasteiger partial charge in [0, 0.05) is 37.6 Å². The molecule has 3 rings (SSSR count). The topological polar surface area (TPSA) is 55.9 Å². The number of hydrogen-bond donors (Lipinski definition) is 1. The number of thiophene rings is 1. The van der Waals surface area contributed by atoms with Gasteiger partial charge in [-0.05, 0) is 30.5 Å². The molecule has 1 aliphatic heterocycles. The van der Waals surface area contributed by atoms with Gasteiger partial charge in [-0.2, -0.15) is 0 Å². The first-order valence-corrected chi connectivity index (χ1v) is 11.1. The van der Waals surface area contributed by atoms with Gasteiger partial charge >= 0.3 is 0 Å². The Morgan fingerprint density at radius 2 is 1.76 bits per heavy atom. The molecule has 0 saturated carbocycles. The lowest BCUT2D eigenvalue weighted by molar-refractivity contribution is -0.133. The smallest absolute Gasteiger partial charge is 0.238 e. The number of para-hydroxylation sites is 1. The van der Waals surface area contributed by atoms with Crippen LogP contribution in [0.25, 0.3) is 0 Å². The molecule has 1 saturated heterocycles. The van der Waals surface area contributed by atoms with Gasteiger partial charge in [-0.25, -0.2) is 0 Å². The Morgan fingerprint density at radius 3 is 2.38 bits per heavy atom. The summed E-state index contributed by atoms with van der Waals surface area (Å²) in [7, 11) is 0. The molecule has 0 unspecified atom stereocenters. The van der Waals surface area contributed by atoms with E-state index in [1.165, 1.54) is 4.88 Å². The van der Waals surface area contributed by atoms with Crippen molar-refractivity contribution in [3.8, 4) is 0 Å². The van der Waals surface area contributed by atoms with Gasteiger partial charge in [0.25, 0.3) is 0 Å². The molecule has 2 amide bonds. The van der Waals surface area contributed by atoms with Crippen molar-refractivity contribution in [2.45, 2.75) is 13.5 Å². The highest BCUT2D eigenvalue weighted by atomic mass is 35.5. The lowest BCUT2D eigenvalue weighted by Gasteiger charge is -2.34. The molecule has 0 aliphatic carbocycles. The van der Waals surface area contributed by atoms with Gasteiger partial charge in [0.2, 0.25) is 11.8 Å². The molecule has 2 heterocycles. The van der Waals surface area contributed by atoms with Crippen LogP contribution in [0.15, 0.2) is 41.8 Å². The zero-order valence-corrected chi connectivity index (χ0v) is 18.2. The minimum absolute atomic E-state index is 0.0734. The number of nitrogens with one attached hydrogen (secondary N) is 1. The molecule has 156 valence electrons. The summed E-state index contributed by atoms with van der Waals surface area (Å²) in [5, 5.41) is 5.43. The summed E-state index contributed by atoms with van der Waals surface area (Å²) in [6, 6.07) is 11.3. The molecule has 1 fully saturated rings. The normalized spacial score (nSPS) is 15.2. The van der Waals surface area contributed by atoms with E-state index in [1.807, 2.05) is 35.4 Å². The van der Waals surface area contributed by atoms with Crippen LogP contribution in [0, 0.1) is 0 Å². The van der Waals surface area contributed by atoms with Gasteiger partial charge in [0.05, 0.1) is 30.3 Å². The number of likely N-dealkylation sites (N-methyl/N-ethyl adjacent to an activating group) is 1. The number of carbonyl (C=O) groups excluding carboxylic acids is 2. The summed E-state index contributed by atoms with van der Waals surface area (Å²) in [6.45, 7) is 7.24. The number of piperazine rings is 1. The molecular formula is C21H27ClN4O2S. The van der Waals surface area contributed by atoms with Gasteiger partial charge in [0.15, 0.2) is 0 Å². The number of benzene rings is 1. The van der Waals surface area contributed by atoms with Crippen LogP contribution < -0.4 is 5.32 Å².